The van der Waals surface area contributed by atoms with Crippen LogP contribution in [0.5, 0.6) is 0 Å². The average Bonchev–Trinajstić information content (AvgIpc) is 2.30. The quantitative estimate of drug-likeness (QED) is 0.819. The van der Waals surface area contributed by atoms with Crippen LogP contribution in [-0.2, 0) is 4.74 Å². The first-order valence-corrected chi connectivity index (χ1v) is 6.53. The Morgan fingerprint density at radius 3 is 2.71 bits per heavy atom. The van der Waals surface area contributed by atoms with E-state index in [4.69, 9.17) is 16.3 Å². The number of alkyl halides is 1. The molecule has 0 fully saturated rings. The Morgan fingerprint density at radius 2 is 2.12 bits per heavy atom. The summed E-state index contributed by atoms with van der Waals surface area (Å²) in [6.07, 6.45) is 0.692. The Hall–Kier alpha value is -0.580. The van der Waals surface area contributed by atoms with Gasteiger partial charge in [0, 0.05) is 23.7 Å². The number of methoxy groups -OCH3 is 1. The van der Waals surface area contributed by atoms with Crippen LogP contribution in [0.4, 0.5) is 0 Å². The fourth-order valence-corrected chi connectivity index (χ4v) is 1.81. The second kappa shape index (κ2) is 7.69. The van der Waals surface area contributed by atoms with Crippen molar-refractivity contribution in [2.24, 2.45) is 0 Å². The van der Waals surface area contributed by atoms with Crippen LogP contribution >= 0.6 is 27.5 Å². The average molecular weight is 321 g/mol. The van der Waals surface area contributed by atoms with Crippen molar-refractivity contribution in [2.75, 3.05) is 20.3 Å². The van der Waals surface area contributed by atoms with E-state index in [0.29, 0.717) is 25.1 Å². The van der Waals surface area contributed by atoms with Gasteiger partial charge >= 0.3 is 0 Å². The summed E-state index contributed by atoms with van der Waals surface area (Å²) in [5.74, 6) is -0.0845. The molecule has 1 aromatic carbocycles. The van der Waals surface area contributed by atoms with E-state index in [0.717, 1.165) is 4.47 Å². The largest absolute Gasteiger partial charge is 0.383 e. The number of nitrogens with one attached hydrogen (secondary N) is 1. The van der Waals surface area contributed by atoms with Gasteiger partial charge in [-0.1, -0.05) is 15.9 Å². The van der Waals surface area contributed by atoms with Gasteiger partial charge in [0.2, 0.25) is 0 Å². The summed E-state index contributed by atoms with van der Waals surface area (Å²) >= 11 is 9.27. The van der Waals surface area contributed by atoms with Gasteiger partial charge in [0.25, 0.3) is 5.91 Å². The van der Waals surface area contributed by atoms with Gasteiger partial charge in [0.05, 0.1) is 12.0 Å². The predicted molar refractivity (Wildman–Crippen MR) is 72.6 cm³/mol. The molecule has 17 heavy (non-hydrogen) atoms. The monoisotopic (exact) mass is 319 g/mol. The van der Waals surface area contributed by atoms with E-state index in [1.165, 1.54) is 0 Å². The van der Waals surface area contributed by atoms with Gasteiger partial charge in [0.1, 0.15) is 0 Å². The Kier molecular flexibility index (Phi) is 6.55. The minimum Gasteiger partial charge on any atom is -0.383 e. The van der Waals surface area contributed by atoms with Crippen LogP contribution < -0.4 is 5.32 Å². The van der Waals surface area contributed by atoms with E-state index in [2.05, 4.69) is 21.2 Å². The summed E-state index contributed by atoms with van der Waals surface area (Å²) in [5, 5.41) is 2.75. The lowest BCUT2D eigenvalue weighted by atomic mass is 10.2. The highest BCUT2D eigenvalue weighted by molar-refractivity contribution is 9.10. The topological polar surface area (TPSA) is 38.3 Å². The molecule has 1 N–H and O–H groups in total. The number of benzene rings is 1. The molecule has 1 aromatic rings. The number of hydrogen-bond donors (Lipinski definition) is 1. The van der Waals surface area contributed by atoms with E-state index in [-0.39, 0.29) is 11.3 Å². The van der Waals surface area contributed by atoms with Crippen LogP contribution in [-0.4, -0.2) is 31.5 Å². The standard InChI is InChI=1S/C12H15BrClNO2/c1-17-8-11(14)6-7-15-12(16)9-2-4-10(13)5-3-9/h2-5,11H,6-8H2,1H3,(H,15,16). The smallest absolute Gasteiger partial charge is 0.251 e. The summed E-state index contributed by atoms with van der Waals surface area (Å²) in [6, 6.07) is 7.22. The third-order valence-electron chi connectivity index (χ3n) is 2.20. The minimum absolute atomic E-state index is 0.0646. The zero-order chi connectivity index (χ0) is 12.7. The molecule has 0 aliphatic rings. The molecular weight excluding hydrogens is 305 g/mol. The lowest BCUT2D eigenvalue weighted by Crippen LogP contribution is -2.26. The number of carbonyl (C=O) groups is 1. The fourth-order valence-electron chi connectivity index (χ4n) is 1.31. The molecule has 0 saturated heterocycles. The van der Waals surface area contributed by atoms with Crippen molar-refractivity contribution in [3.63, 3.8) is 0 Å². The Balaban J connectivity index is 2.32. The minimum atomic E-state index is -0.0845. The molecule has 0 aromatic heterocycles. The highest BCUT2D eigenvalue weighted by Gasteiger charge is 2.07. The molecule has 0 aliphatic carbocycles. The normalized spacial score (nSPS) is 12.2. The first kappa shape index (κ1) is 14.5. The molecule has 94 valence electrons. The van der Waals surface area contributed by atoms with Crippen LogP contribution in [0.25, 0.3) is 0 Å². The third kappa shape index (κ3) is 5.52. The molecule has 0 spiro atoms. The van der Waals surface area contributed by atoms with Crippen LogP contribution in [0, 0.1) is 0 Å². The van der Waals surface area contributed by atoms with Gasteiger partial charge in [-0.25, -0.2) is 0 Å². The van der Waals surface area contributed by atoms with Crippen molar-refractivity contribution in [2.45, 2.75) is 11.8 Å². The van der Waals surface area contributed by atoms with Gasteiger partial charge < -0.3 is 10.1 Å². The van der Waals surface area contributed by atoms with Crippen molar-refractivity contribution in [1.82, 2.24) is 5.32 Å². The summed E-state index contributed by atoms with van der Waals surface area (Å²) in [5.41, 5.74) is 0.645. The molecule has 1 atom stereocenters. The van der Waals surface area contributed by atoms with E-state index >= 15 is 0 Å². The molecule has 0 bridgehead atoms. The number of halogens is 2. The fraction of sp³-hybridized carbons (Fsp3) is 0.417. The van der Waals surface area contributed by atoms with Crippen LogP contribution in [0.1, 0.15) is 16.8 Å². The van der Waals surface area contributed by atoms with Gasteiger partial charge in [-0.2, -0.15) is 0 Å². The summed E-state index contributed by atoms with van der Waals surface area (Å²) < 4.78 is 5.86. The highest BCUT2D eigenvalue weighted by Crippen LogP contribution is 2.10. The van der Waals surface area contributed by atoms with Gasteiger partial charge in [0.15, 0.2) is 0 Å². The summed E-state index contributed by atoms with van der Waals surface area (Å²) in [6.45, 7) is 1.04. The van der Waals surface area contributed by atoms with Gasteiger partial charge in [-0.15, -0.1) is 11.6 Å². The van der Waals surface area contributed by atoms with E-state index in [9.17, 15) is 4.79 Å². The molecule has 0 heterocycles. The van der Waals surface area contributed by atoms with Crippen molar-refractivity contribution in [1.29, 1.82) is 0 Å². The second-order valence-electron chi connectivity index (χ2n) is 3.60. The first-order valence-electron chi connectivity index (χ1n) is 5.30. The van der Waals surface area contributed by atoms with E-state index in [1.807, 2.05) is 12.1 Å². The molecule has 3 nitrogen and oxygen atoms in total. The molecule has 1 unspecified atom stereocenters. The first-order chi connectivity index (χ1) is 8.13. The number of rotatable bonds is 6. The van der Waals surface area contributed by atoms with E-state index in [1.54, 1.807) is 19.2 Å². The highest BCUT2D eigenvalue weighted by atomic mass is 79.9. The Labute approximate surface area is 115 Å². The molecule has 1 amide bonds. The summed E-state index contributed by atoms with van der Waals surface area (Å²) in [7, 11) is 1.61. The molecule has 0 aliphatic heterocycles. The maximum Gasteiger partial charge on any atom is 0.251 e. The Morgan fingerprint density at radius 1 is 1.47 bits per heavy atom. The Bertz CT molecular complexity index is 356. The van der Waals surface area contributed by atoms with Crippen LogP contribution in [0.15, 0.2) is 28.7 Å². The maximum atomic E-state index is 11.7. The third-order valence-corrected chi connectivity index (χ3v) is 3.07. The predicted octanol–water partition coefficient (Wildman–Crippen LogP) is 2.82. The van der Waals surface area contributed by atoms with Gasteiger partial charge in [-0.05, 0) is 30.7 Å². The SMILES string of the molecule is COCC(Cl)CCNC(=O)c1ccc(Br)cc1. The van der Waals surface area contributed by atoms with Crippen LogP contribution in [0.2, 0.25) is 0 Å². The lowest BCUT2D eigenvalue weighted by Gasteiger charge is -2.09. The second-order valence-corrected chi connectivity index (χ2v) is 5.14. The van der Waals surface area contributed by atoms with Crippen molar-refractivity contribution >= 4 is 33.4 Å². The zero-order valence-corrected chi connectivity index (χ0v) is 11.9. The number of amides is 1. The molecule has 5 heteroatoms. The van der Waals surface area contributed by atoms with Crippen molar-refractivity contribution < 1.29 is 9.53 Å². The maximum absolute atomic E-state index is 11.7. The van der Waals surface area contributed by atoms with Crippen LogP contribution in [0.3, 0.4) is 0 Å². The molecule has 0 saturated carbocycles. The summed E-state index contributed by atoms with van der Waals surface area (Å²) in [4.78, 5) is 11.7. The molecule has 1 rings (SSSR count). The number of carbonyl (C=O) groups excluding carboxylic acids is 1. The number of ether oxygens (including phenoxy) is 1. The molecular formula is C12H15BrClNO2. The van der Waals surface area contributed by atoms with Crippen molar-refractivity contribution in [3.8, 4) is 0 Å². The lowest BCUT2D eigenvalue weighted by molar-refractivity contribution is 0.0951. The van der Waals surface area contributed by atoms with E-state index < -0.39 is 0 Å². The van der Waals surface area contributed by atoms with Crippen molar-refractivity contribution in [3.05, 3.63) is 34.3 Å². The van der Waals surface area contributed by atoms with Gasteiger partial charge in [-0.3, -0.25) is 4.79 Å². The zero-order valence-electron chi connectivity index (χ0n) is 9.58. The number of hydrogen-bond acceptors (Lipinski definition) is 2. The molecule has 0 radical (unpaired) electrons.